The molecule has 6 heteroatoms. The van der Waals surface area contributed by atoms with Gasteiger partial charge in [-0.2, -0.15) is 0 Å². The van der Waals surface area contributed by atoms with E-state index in [9.17, 15) is 10.1 Å². The second-order valence-corrected chi connectivity index (χ2v) is 6.53. The summed E-state index contributed by atoms with van der Waals surface area (Å²) in [6, 6.07) is 14.4. The molecule has 0 saturated carbocycles. The predicted octanol–water partition coefficient (Wildman–Crippen LogP) is 5.98. The number of rotatable bonds is 4. The number of non-ortho nitro benzene ring substituents is 1. The second kappa shape index (κ2) is 7.03. The zero-order valence-electron chi connectivity index (χ0n) is 13.7. The van der Waals surface area contributed by atoms with Crippen molar-refractivity contribution in [3.63, 3.8) is 0 Å². The number of aryl methyl sites for hydroxylation is 2. The molecule has 0 spiro atoms. The summed E-state index contributed by atoms with van der Waals surface area (Å²) in [5.41, 5.74) is 3.59. The monoisotopic (exact) mass is 398 g/mol. The summed E-state index contributed by atoms with van der Waals surface area (Å²) in [6.45, 7) is 3.82. The lowest BCUT2D eigenvalue weighted by molar-refractivity contribution is -0.384. The summed E-state index contributed by atoms with van der Waals surface area (Å²) < 4.78 is 6.80. The predicted molar refractivity (Wildman–Crippen MR) is 102 cm³/mol. The number of nitro groups is 1. The molecule has 0 aliphatic heterocycles. The van der Waals surface area contributed by atoms with E-state index < -0.39 is 4.92 Å². The Kier molecular flexibility index (Phi) is 4.81. The third kappa shape index (κ3) is 3.85. The number of aliphatic imine (C=N–C) groups is 1. The summed E-state index contributed by atoms with van der Waals surface area (Å²) >= 11 is 3.55. The van der Waals surface area contributed by atoms with Crippen molar-refractivity contribution in [2.75, 3.05) is 0 Å². The number of furan rings is 1. The first kappa shape index (κ1) is 17.1. The minimum atomic E-state index is -0.418. The van der Waals surface area contributed by atoms with E-state index >= 15 is 0 Å². The first-order chi connectivity index (χ1) is 11.9. The van der Waals surface area contributed by atoms with Gasteiger partial charge in [0.25, 0.3) is 5.69 Å². The van der Waals surface area contributed by atoms with Gasteiger partial charge < -0.3 is 4.42 Å². The Morgan fingerprint density at radius 1 is 1.12 bits per heavy atom. The van der Waals surface area contributed by atoms with Crippen LogP contribution in [-0.4, -0.2) is 11.1 Å². The Hall–Kier alpha value is -2.73. The molecule has 3 aromatic rings. The van der Waals surface area contributed by atoms with Crippen LogP contribution in [0, 0.1) is 24.0 Å². The molecule has 126 valence electrons. The fourth-order valence-electron chi connectivity index (χ4n) is 2.42. The third-order valence-electron chi connectivity index (χ3n) is 3.74. The van der Waals surface area contributed by atoms with E-state index in [-0.39, 0.29) is 5.69 Å². The zero-order chi connectivity index (χ0) is 18.0. The molecule has 0 fully saturated rings. The maximum absolute atomic E-state index is 10.8. The molecule has 3 rings (SSSR count). The van der Waals surface area contributed by atoms with E-state index in [1.54, 1.807) is 19.2 Å². The van der Waals surface area contributed by atoms with Gasteiger partial charge in [-0.15, -0.1) is 0 Å². The smallest absolute Gasteiger partial charge is 0.269 e. The zero-order valence-corrected chi connectivity index (χ0v) is 15.3. The Labute approximate surface area is 153 Å². The van der Waals surface area contributed by atoms with Crippen LogP contribution >= 0.6 is 15.9 Å². The van der Waals surface area contributed by atoms with Gasteiger partial charge in [0.05, 0.1) is 16.8 Å². The van der Waals surface area contributed by atoms with Gasteiger partial charge >= 0.3 is 0 Å². The normalized spacial score (nSPS) is 11.2. The van der Waals surface area contributed by atoms with Crippen LogP contribution in [0.25, 0.3) is 11.3 Å². The minimum Gasteiger partial charge on any atom is -0.455 e. The van der Waals surface area contributed by atoms with Crippen molar-refractivity contribution in [2.24, 2.45) is 4.99 Å². The number of nitrogens with zero attached hydrogens (tertiary/aromatic N) is 2. The SMILES string of the molecule is Cc1ccc(-c2ccc(C=Nc3ccc([N+](=O)[O-])cc3C)o2)c(Br)c1. The van der Waals surface area contributed by atoms with Crippen LogP contribution in [0.5, 0.6) is 0 Å². The first-order valence-corrected chi connectivity index (χ1v) is 8.39. The molecule has 5 nitrogen and oxygen atoms in total. The number of benzene rings is 2. The highest BCUT2D eigenvalue weighted by molar-refractivity contribution is 9.10. The molecule has 1 aromatic heterocycles. The lowest BCUT2D eigenvalue weighted by atomic mass is 10.1. The van der Waals surface area contributed by atoms with Crippen LogP contribution in [-0.2, 0) is 0 Å². The van der Waals surface area contributed by atoms with E-state index in [0.717, 1.165) is 26.9 Å². The number of hydrogen-bond donors (Lipinski definition) is 0. The fourth-order valence-corrected chi connectivity index (χ4v) is 3.11. The Morgan fingerprint density at radius 3 is 2.60 bits per heavy atom. The van der Waals surface area contributed by atoms with E-state index in [1.807, 2.05) is 37.3 Å². The number of nitro benzene ring substituents is 1. The molecule has 0 unspecified atom stereocenters. The van der Waals surface area contributed by atoms with Crippen molar-refractivity contribution >= 4 is 33.5 Å². The lowest BCUT2D eigenvalue weighted by Gasteiger charge is -2.02. The van der Waals surface area contributed by atoms with E-state index in [1.165, 1.54) is 12.1 Å². The standard InChI is InChI=1S/C19H15BrN2O3/c1-12-3-6-16(17(20)9-12)19-8-5-15(25-19)11-21-18-7-4-14(22(23)24)10-13(18)2/h3-11H,1-2H3. The van der Waals surface area contributed by atoms with Crippen molar-refractivity contribution < 1.29 is 9.34 Å². The molecular weight excluding hydrogens is 384 g/mol. The first-order valence-electron chi connectivity index (χ1n) is 7.59. The van der Waals surface area contributed by atoms with E-state index in [2.05, 4.69) is 20.9 Å². The quantitative estimate of drug-likeness (QED) is 0.308. The van der Waals surface area contributed by atoms with E-state index in [0.29, 0.717) is 11.4 Å². The van der Waals surface area contributed by atoms with Crippen molar-refractivity contribution in [3.05, 3.63) is 80.0 Å². The Balaban J connectivity index is 1.84. The largest absolute Gasteiger partial charge is 0.455 e. The maximum atomic E-state index is 10.8. The van der Waals surface area contributed by atoms with Crippen LogP contribution in [0.15, 0.2) is 62.4 Å². The number of hydrogen-bond acceptors (Lipinski definition) is 4. The molecule has 1 heterocycles. The van der Waals surface area contributed by atoms with Crippen molar-refractivity contribution in [1.82, 2.24) is 0 Å². The van der Waals surface area contributed by atoms with Crippen molar-refractivity contribution in [3.8, 4) is 11.3 Å². The van der Waals surface area contributed by atoms with Crippen LogP contribution in [0.3, 0.4) is 0 Å². The van der Waals surface area contributed by atoms with E-state index in [4.69, 9.17) is 4.42 Å². The topological polar surface area (TPSA) is 68.6 Å². The average Bonchev–Trinajstić information content (AvgIpc) is 3.02. The summed E-state index contributed by atoms with van der Waals surface area (Å²) in [5, 5.41) is 10.8. The second-order valence-electron chi connectivity index (χ2n) is 5.67. The van der Waals surface area contributed by atoms with Crippen LogP contribution in [0.4, 0.5) is 11.4 Å². The van der Waals surface area contributed by atoms with Gasteiger partial charge in [0.2, 0.25) is 0 Å². The third-order valence-corrected chi connectivity index (χ3v) is 4.39. The molecule has 0 aliphatic rings. The van der Waals surface area contributed by atoms with Crippen LogP contribution < -0.4 is 0 Å². The molecular formula is C19H15BrN2O3. The highest BCUT2D eigenvalue weighted by atomic mass is 79.9. The van der Waals surface area contributed by atoms with Gasteiger partial charge in [-0.05, 0) is 55.3 Å². The lowest BCUT2D eigenvalue weighted by Crippen LogP contribution is -1.88. The van der Waals surface area contributed by atoms with Gasteiger partial charge in [-0.25, -0.2) is 0 Å². The molecule has 0 radical (unpaired) electrons. The molecule has 2 aromatic carbocycles. The summed E-state index contributed by atoms with van der Waals surface area (Å²) in [5.74, 6) is 1.36. The van der Waals surface area contributed by atoms with Gasteiger partial charge in [-0.1, -0.05) is 22.0 Å². The van der Waals surface area contributed by atoms with Crippen molar-refractivity contribution in [2.45, 2.75) is 13.8 Å². The van der Waals surface area contributed by atoms with Crippen LogP contribution in [0.2, 0.25) is 0 Å². The van der Waals surface area contributed by atoms with Crippen LogP contribution in [0.1, 0.15) is 16.9 Å². The van der Waals surface area contributed by atoms with Gasteiger partial charge in [0.15, 0.2) is 0 Å². The fraction of sp³-hybridized carbons (Fsp3) is 0.105. The minimum absolute atomic E-state index is 0.0564. The summed E-state index contributed by atoms with van der Waals surface area (Å²) in [6.07, 6.45) is 1.61. The van der Waals surface area contributed by atoms with Gasteiger partial charge in [0.1, 0.15) is 11.5 Å². The molecule has 0 N–H and O–H groups in total. The van der Waals surface area contributed by atoms with Crippen molar-refractivity contribution in [1.29, 1.82) is 0 Å². The molecule has 25 heavy (non-hydrogen) atoms. The number of halogens is 1. The Morgan fingerprint density at radius 2 is 1.92 bits per heavy atom. The summed E-state index contributed by atoms with van der Waals surface area (Å²) in [7, 11) is 0. The average molecular weight is 399 g/mol. The molecule has 0 saturated heterocycles. The molecule has 0 aliphatic carbocycles. The van der Waals surface area contributed by atoms with Gasteiger partial charge in [-0.3, -0.25) is 15.1 Å². The highest BCUT2D eigenvalue weighted by Gasteiger charge is 2.09. The summed E-state index contributed by atoms with van der Waals surface area (Å²) in [4.78, 5) is 14.7. The highest BCUT2D eigenvalue weighted by Crippen LogP contribution is 2.30. The maximum Gasteiger partial charge on any atom is 0.269 e. The van der Waals surface area contributed by atoms with Gasteiger partial charge in [0, 0.05) is 22.2 Å². The molecule has 0 amide bonds. The Bertz CT molecular complexity index is 977. The molecule has 0 bridgehead atoms. The molecule has 0 atom stereocenters.